The lowest BCUT2D eigenvalue weighted by Gasteiger charge is -2.34. The number of likely N-dealkylation sites (N-methyl/N-ethyl adjacent to an activating group) is 1. The molecule has 0 radical (unpaired) electrons. The van der Waals surface area contributed by atoms with E-state index in [-0.39, 0.29) is 18.6 Å². The van der Waals surface area contributed by atoms with Crippen molar-refractivity contribution in [2.24, 2.45) is 0 Å². The zero-order chi connectivity index (χ0) is 12.1. The van der Waals surface area contributed by atoms with Crippen LogP contribution in [0, 0.1) is 0 Å². The summed E-state index contributed by atoms with van der Waals surface area (Å²) in [5, 5.41) is 9.12. The first-order valence-corrected chi connectivity index (χ1v) is 5.25. The first-order chi connectivity index (χ1) is 6.85. The Balaban J connectivity index is 4.11. The summed E-state index contributed by atoms with van der Waals surface area (Å²) in [6.45, 7) is 5.58. The van der Waals surface area contributed by atoms with Crippen LogP contribution in [-0.2, 0) is 9.53 Å². The fourth-order valence-electron chi connectivity index (χ4n) is 1.06. The minimum atomic E-state index is -0.493. The number of rotatable bonds is 6. The van der Waals surface area contributed by atoms with Gasteiger partial charge in [0, 0.05) is 20.6 Å². The standard InChI is InChI=1S/C11H23NO3/c1-9(15-5)6-7-10(14)12(4)11(2,3)8-13/h9,13H,6-8H2,1-5H3. The van der Waals surface area contributed by atoms with Crippen LogP contribution >= 0.6 is 0 Å². The lowest BCUT2D eigenvalue weighted by molar-refractivity contribution is -0.136. The van der Waals surface area contributed by atoms with Crippen molar-refractivity contribution in [1.82, 2.24) is 4.90 Å². The van der Waals surface area contributed by atoms with E-state index in [9.17, 15) is 4.79 Å². The lowest BCUT2D eigenvalue weighted by Crippen LogP contribution is -2.47. The van der Waals surface area contributed by atoms with Gasteiger partial charge in [0.25, 0.3) is 0 Å². The van der Waals surface area contributed by atoms with E-state index < -0.39 is 5.54 Å². The summed E-state index contributed by atoms with van der Waals surface area (Å²) in [6.07, 6.45) is 1.26. The van der Waals surface area contributed by atoms with Crippen LogP contribution in [0.3, 0.4) is 0 Å². The number of methoxy groups -OCH3 is 1. The van der Waals surface area contributed by atoms with Gasteiger partial charge in [-0.3, -0.25) is 4.79 Å². The third kappa shape index (κ3) is 4.62. The monoisotopic (exact) mass is 217 g/mol. The number of ether oxygens (including phenoxy) is 1. The minimum Gasteiger partial charge on any atom is -0.394 e. The van der Waals surface area contributed by atoms with Gasteiger partial charge in [0.1, 0.15) is 0 Å². The van der Waals surface area contributed by atoms with E-state index in [2.05, 4.69) is 0 Å². The number of hydrogen-bond donors (Lipinski definition) is 1. The van der Waals surface area contributed by atoms with Gasteiger partial charge >= 0.3 is 0 Å². The Morgan fingerprint density at radius 2 is 2.07 bits per heavy atom. The topological polar surface area (TPSA) is 49.8 Å². The molecule has 0 aliphatic heterocycles. The van der Waals surface area contributed by atoms with Gasteiger partial charge in [-0.25, -0.2) is 0 Å². The van der Waals surface area contributed by atoms with Crippen LogP contribution in [0.4, 0.5) is 0 Å². The van der Waals surface area contributed by atoms with Crippen LogP contribution < -0.4 is 0 Å². The average molecular weight is 217 g/mol. The van der Waals surface area contributed by atoms with Gasteiger partial charge in [-0.15, -0.1) is 0 Å². The van der Waals surface area contributed by atoms with Crippen molar-refractivity contribution in [2.45, 2.75) is 45.3 Å². The minimum absolute atomic E-state index is 0.0327. The maximum absolute atomic E-state index is 11.7. The third-order valence-corrected chi connectivity index (χ3v) is 2.84. The summed E-state index contributed by atoms with van der Waals surface area (Å²) >= 11 is 0. The molecule has 90 valence electrons. The quantitative estimate of drug-likeness (QED) is 0.723. The Labute approximate surface area is 92.2 Å². The molecule has 0 aromatic rings. The molecule has 1 atom stereocenters. The Hall–Kier alpha value is -0.610. The molecule has 4 heteroatoms. The molecule has 0 heterocycles. The molecule has 0 aliphatic carbocycles. The molecule has 0 aromatic heterocycles. The highest BCUT2D eigenvalue weighted by atomic mass is 16.5. The third-order valence-electron chi connectivity index (χ3n) is 2.84. The maximum Gasteiger partial charge on any atom is 0.222 e. The predicted octanol–water partition coefficient (Wildman–Crippen LogP) is 1.03. The highest BCUT2D eigenvalue weighted by Crippen LogP contribution is 2.13. The Kier molecular flexibility index (Phi) is 5.83. The summed E-state index contributed by atoms with van der Waals surface area (Å²) in [6, 6.07) is 0. The highest BCUT2D eigenvalue weighted by molar-refractivity contribution is 5.76. The molecular formula is C11H23NO3. The maximum atomic E-state index is 11.7. The van der Waals surface area contributed by atoms with Gasteiger partial charge in [-0.05, 0) is 27.2 Å². The van der Waals surface area contributed by atoms with Crippen LogP contribution in [0.1, 0.15) is 33.6 Å². The van der Waals surface area contributed by atoms with E-state index >= 15 is 0 Å². The van der Waals surface area contributed by atoms with Crippen molar-refractivity contribution < 1.29 is 14.6 Å². The van der Waals surface area contributed by atoms with Gasteiger partial charge < -0.3 is 14.7 Å². The molecule has 0 aromatic carbocycles. The molecule has 0 spiro atoms. The van der Waals surface area contributed by atoms with Crippen LogP contribution in [0.5, 0.6) is 0 Å². The summed E-state index contributed by atoms with van der Waals surface area (Å²) < 4.78 is 5.07. The number of carbonyl (C=O) groups is 1. The van der Waals surface area contributed by atoms with Crippen molar-refractivity contribution in [3.05, 3.63) is 0 Å². The van der Waals surface area contributed by atoms with Crippen molar-refractivity contribution in [3.8, 4) is 0 Å². The number of amides is 1. The number of aliphatic hydroxyl groups excluding tert-OH is 1. The Morgan fingerprint density at radius 1 is 1.53 bits per heavy atom. The summed E-state index contributed by atoms with van der Waals surface area (Å²) in [7, 11) is 3.35. The van der Waals surface area contributed by atoms with E-state index in [0.29, 0.717) is 12.8 Å². The van der Waals surface area contributed by atoms with Gasteiger partial charge in [-0.2, -0.15) is 0 Å². The lowest BCUT2D eigenvalue weighted by atomic mass is 10.0. The van der Waals surface area contributed by atoms with Crippen LogP contribution in [0.25, 0.3) is 0 Å². The normalized spacial score (nSPS) is 13.7. The van der Waals surface area contributed by atoms with E-state index in [4.69, 9.17) is 9.84 Å². The molecular weight excluding hydrogens is 194 g/mol. The Bertz CT molecular complexity index is 204. The molecule has 0 fully saturated rings. The van der Waals surface area contributed by atoms with E-state index in [1.165, 1.54) is 0 Å². The fourth-order valence-corrected chi connectivity index (χ4v) is 1.06. The van der Waals surface area contributed by atoms with E-state index in [1.54, 1.807) is 19.1 Å². The molecule has 1 N–H and O–H groups in total. The number of aliphatic hydroxyl groups is 1. The second-order valence-corrected chi connectivity index (χ2v) is 4.51. The molecule has 15 heavy (non-hydrogen) atoms. The first-order valence-electron chi connectivity index (χ1n) is 5.25. The van der Waals surface area contributed by atoms with Crippen molar-refractivity contribution in [3.63, 3.8) is 0 Å². The van der Waals surface area contributed by atoms with Crippen LogP contribution in [-0.4, -0.2) is 48.3 Å². The van der Waals surface area contributed by atoms with Gasteiger partial charge in [0.05, 0.1) is 18.2 Å². The SMILES string of the molecule is COC(C)CCC(=O)N(C)C(C)(C)CO. The number of nitrogens with zero attached hydrogens (tertiary/aromatic N) is 1. The summed E-state index contributed by atoms with van der Waals surface area (Å²) in [5.74, 6) is 0.0398. The largest absolute Gasteiger partial charge is 0.394 e. The fraction of sp³-hybridized carbons (Fsp3) is 0.909. The molecule has 0 aliphatic rings. The van der Waals surface area contributed by atoms with Gasteiger partial charge in [-0.1, -0.05) is 0 Å². The first kappa shape index (κ1) is 14.4. The van der Waals surface area contributed by atoms with Gasteiger partial charge in [0.15, 0.2) is 0 Å². The average Bonchev–Trinajstić information content (AvgIpc) is 2.23. The highest BCUT2D eigenvalue weighted by Gasteiger charge is 2.26. The molecule has 0 rings (SSSR count). The number of hydrogen-bond acceptors (Lipinski definition) is 3. The van der Waals surface area contributed by atoms with E-state index in [0.717, 1.165) is 0 Å². The zero-order valence-electron chi connectivity index (χ0n) is 10.4. The number of carbonyl (C=O) groups excluding carboxylic acids is 1. The molecule has 0 saturated carbocycles. The molecule has 1 amide bonds. The summed E-state index contributed by atoms with van der Waals surface area (Å²) in [5.41, 5.74) is -0.493. The molecule has 4 nitrogen and oxygen atoms in total. The van der Waals surface area contributed by atoms with Crippen LogP contribution in [0.15, 0.2) is 0 Å². The van der Waals surface area contributed by atoms with Crippen LogP contribution in [0.2, 0.25) is 0 Å². The second kappa shape index (κ2) is 6.08. The van der Waals surface area contributed by atoms with Crippen molar-refractivity contribution in [2.75, 3.05) is 20.8 Å². The van der Waals surface area contributed by atoms with E-state index in [1.807, 2.05) is 20.8 Å². The smallest absolute Gasteiger partial charge is 0.222 e. The zero-order valence-corrected chi connectivity index (χ0v) is 10.4. The molecule has 0 bridgehead atoms. The van der Waals surface area contributed by atoms with Crippen molar-refractivity contribution >= 4 is 5.91 Å². The van der Waals surface area contributed by atoms with Gasteiger partial charge in [0.2, 0.25) is 5.91 Å². The Morgan fingerprint density at radius 3 is 2.47 bits per heavy atom. The van der Waals surface area contributed by atoms with Crippen molar-refractivity contribution in [1.29, 1.82) is 0 Å². The summed E-state index contributed by atoms with van der Waals surface area (Å²) in [4.78, 5) is 13.3. The molecule has 1 unspecified atom stereocenters. The molecule has 0 saturated heterocycles. The predicted molar refractivity (Wildman–Crippen MR) is 59.6 cm³/mol. The second-order valence-electron chi connectivity index (χ2n) is 4.51.